The van der Waals surface area contributed by atoms with Gasteiger partial charge in [0.25, 0.3) is 0 Å². The number of rotatable bonds is 2. The fourth-order valence-electron chi connectivity index (χ4n) is 2.80. The van der Waals surface area contributed by atoms with E-state index < -0.39 is 5.97 Å². The molecule has 2 rings (SSSR count). The Balaban J connectivity index is 0.000000385. The molecular weight excluding hydrogens is 288 g/mol. The molecular formula is C16H30O6. The zero-order chi connectivity index (χ0) is 15.8. The Morgan fingerprint density at radius 2 is 1.18 bits per heavy atom. The molecule has 0 radical (unpaired) electrons. The highest BCUT2D eigenvalue weighted by molar-refractivity contribution is 5.72. The summed E-state index contributed by atoms with van der Waals surface area (Å²) in [6.45, 7) is 0. The number of aliphatic hydroxyl groups excluding tert-OH is 2. The lowest BCUT2D eigenvalue weighted by molar-refractivity contribution is -0.147. The lowest BCUT2D eigenvalue weighted by atomic mass is 9.88. The molecule has 0 unspecified atom stereocenters. The van der Waals surface area contributed by atoms with Gasteiger partial charge < -0.3 is 20.1 Å². The molecule has 2 fully saturated rings. The fourth-order valence-corrected chi connectivity index (χ4v) is 2.80. The van der Waals surface area contributed by atoms with Crippen LogP contribution in [0.15, 0.2) is 0 Å². The minimum atomic E-state index is -0.716. The lowest BCUT2D eigenvalue weighted by Gasteiger charge is -2.22. The molecule has 0 heterocycles. The Morgan fingerprint density at radius 1 is 0.818 bits per heavy atom. The quantitative estimate of drug-likeness (QED) is 0.672. The fraction of sp³-hybridized carbons (Fsp3) is 0.875. The molecule has 3 N–H and O–H groups in total. The van der Waals surface area contributed by atoms with Crippen LogP contribution in [0.2, 0.25) is 0 Å². The first-order valence-corrected chi connectivity index (χ1v) is 7.60. The van der Waals surface area contributed by atoms with Crippen molar-refractivity contribution in [3.8, 4) is 0 Å². The number of hydrogen-bond donors (Lipinski definition) is 3. The summed E-state index contributed by atoms with van der Waals surface area (Å²) in [6.07, 6.45) is 5.13. The molecule has 6 nitrogen and oxygen atoms in total. The number of esters is 1. The summed E-state index contributed by atoms with van der Waals surface area (Å²) >= 11 is 0. The van der Waals surface area contributed by atoms with E-state index in [1.807, 2.05) is 0 Å². The number of aliphatic hydroxyl groups is 2. The zero-order valence-corrected chi connectivity index (χ0v) is 12.5. The highest BCUT2D eigenvalue weighted by Gasteiger charge is 2.25. The van der Waals surface area contributed by atoms with Crippen LogP contribution in [0.4, 0.5) is 0 Å². The number of carboxylic acids is 1. The summed E-state index contributed by atoms with van der Waals surface area (Å²) in [7, 11) is 1.41. The molecule has 22 heavy (non-hydrogen) atoms. The van der Waals surface area contributed by atoms with Crippen molar-refractivity contribution >= 4 is 11.9 Å². The van der Waals surface area contributed by atoms with Gasteiger partial charge in [-0.1, -0.05) is 7.43 Å². The van der Waals surface area contributed by atoms with E-state index in [-0.39, 0.29) is 37.4 Å². The first kappa shape index (κ1) is 20.9. The number of carbonyl (C=O) groups excluding carboxylic acids is 1. The first-order chi connectivity index (χ1) is 9.93. The van der Waals surface area contributed by atoms with E-state index in [0.717, 1.165) is 25.7 Å². The summed E-state index contributed by atoms with van der Waals surface area (Å²) in [6, 6.07) is 0. The molecule has 2 aliphatic carbocycles. The van der Waals surface area contributed by atoms with Crippen LogP contribution < -0.4 is 0 Å². The molecule has 0 aliphatic heterocycles. The first-order valence-electron chi connectivity index (χ1n) is 7.60. The summed E-state index contributed by atoms with van der Waals surface area (Å²) in [5.74, 6) is -1.02. The van der Waals surface area contributed by atoms with E-state index in [2.05, 4.69) is 4.74 Å². The van der Waals surface area contributed by atoms with E-state index >= 15 is 0 Å². The summed E-state index contributed by atoms with van der Waals surface area (Å²) in [4.78, 5) is 21.3. The Morgan fingerprint density at radius 3 is 1.50 bits per heavy atom. The SMILES string of the molecule is C.COC(=O)C1CCC(O)CC1.O=C(O)C1CCC(O)CC1. The second-order valence-electron chi connectivity index (χ2n) is 5.87. The standard InChI is InChI=1S/C8H14O3.C7H12O3.CH4/c1-11-8(10)6-2-4-7(9)5-3-6;8-6-3-1-5(2-4-6)7(9)10;/h6-7,9H,2-5H2,1H3;5-6,8H,1-4H2,(H,9,10);1H4. The lowest BCUT2D eigenvalue weighted by Crippen LogP contribution is -2.24. The van der Waals surface area contributed by atoms with Crippen LogP contribution in [0, 0.1) is 11.8 Å². The minimum absolute atomic E-state index is 0. The summed E-state index contributed by atoms with van der Waals surface area (Å²) < 4.78 is 4.60. The van der Waals surface area contributed by atoms with Crippen LogP contribution >= 0.6 is 0 Å². The van der Waals surface area contributed by atoms with Gasteiger partial charge in [-0.05, 0) is 51.4 Å². The van der Waals surface area contributed by atoms with Gasteiger partial charge in [0.15, 0.2) is 0 Å². The molecule has 2 aliphatic rings. The second-order valence-corrected chi connectivity index (χ2v) is 5.87. The molecule has 6 heteroatoms. The van der Waals surface area contributed by atoms with E-state index in [1.54, 1.807) is 0 Å². The molecule has 0 aromatic heterocycles. The van der Waals surface area contributed by atoms with E-state index in [0.29, 0.717) is 25.7 Å². The van der Waals surface area contributed by atoms with Gasteiger partial charge in [-0.25, -0.2) is 0 Å². The average Bonchev–Trinajstić information content (AvgIpc) is 2.48. The Labute approximate surface area is 132 Å². The highest BCUT2D eigenvalue weighted by Crippen LogP contribution is 2.25. The van der Waals surface area contributed by atoms with Gasteiger partial charge in [-0.3, -0.25) is 9.59 Å². The second kappa shape index (κ2) is 10.6. The number of aliphatic carboxylic acids is 1. The third kappa shape index (κ3) is 7.22. The molecule has 0 atom stereocenters. The van der Waals surface area contributed by atoms with Crippen molar-refractivity contribution in [3.63, 3.8) is 0 Å². The van der Waals surface area contributed by atoms with Crippen LogP contribution in [-0.2, 0) is 14.3 Å². The monoisotopic (exact) mass is 318 g/mol. The van der Waals surface area contributed by atoms with Crippen LogP contribution in [0.5, 0.6) is 0 Å². The minimum Gasteiger partial charge on any atom is -0.481 e. The van der Waals surface area contributed by atoms with Crippen LogP contribution in [0.25, 0.3) is 0 Å². The molecule has 0 amide bonds. The maximum absolute atomic E-state index is 11.0. The van der Waals surface area contributed by atoms with Crippen molar-refractivity contribution in [3.05, 3.63) is 0 Å². The normalized spacial score (nSPS) is 31.0. The third-order valence-corrected chi connectivity index (χ3v) is 4.28. The molecule has 130 valence electrons. The Kier molecular flexibility index (Phi) is 10.0. The van der Waals surface area contributed by atoms with E-state index in [9.17, 15) is 9.59 Å². The molecule has 0 aromatic rings. The van der Waals surface area contributed by atoms with Crippen molar-refractivity contribution in [2.24, 2.45) is 11.8 Å². The van der Waals surface area contributed by atoms with Crippen LogP contribution in [0.3, 0.4) is 0 Å². The summed E-state index contributed by atoms with van der Waals surface area (Å²) in [5.41, 5.74) is 0. The van der Waals surface area contributed by atoms with Crippen molar-refractivity contribution in [2.75, 3.05) is 7.11 Å². The van der Waals surface area contributed by atoms with Gasteiger partial charge >= 0.3 is 11.9 Å². The summed E-state index contributed by atoms with van der Waals surface area (Å²) in [5, 5.41) is 26.7. The maximum Gasteiger partial charge on any atom is 0.308 e. The Hall–Kier alpha value is -1.14. The number of ether oxygens (including phenoxy) is 1. The predicted octanol–water partition coefficient (Wildman–Crippen LogP) is 1.97. The molecule has 0 saturated heterocycles. The van der Waals surface area contributed by atoms with Gasteiger partial charge in [0.05, 0.1) is 31.2 Å². The van der Waals surface area contributed by atoms with Gasteiger partial charge in [-0.2, -0.15) is 0 Å². The molecule has 0 bridgehead atoms. The molecule has 0 spiro atoms. The predicted molar refractivity (Wildman–Crippen MR) is 82.3 cm³/mol. The zero-order valence-electron chi connectivity index (χ0n) is 12.5. The van der Waals surface area contributed by atoms with Crippen molar-refractivity contribution in [1.82, 2.24) is 0 Å². The van der Waals surface area contributed by atoms with E-state index in [1.165, 1.54) is 7.11 Å². The van der Waals surface area contributed by atoms with Crippen LogP contribution in [0.1, 0.15) is 58.8 Å². The van der Waals surface area contributed by atoms with E-state index in [4.69, 9.17) is 15.3 Å². The van der Waals surface area contributed by atoms with Crippen LogP contribution in [-0.4, -0.2) is 46.6 Å². The molecule has 0 aromatic carbocycles. The smallest absolute Gasteiger partial charge is 0.308 e. The number of hydrogen-bond acceptors (Lipinski definition) is 5. The van der Waals surface area contributed by atoms with Gasteiger partial charge in [-0.15, -0.1) is 0 Å². The number of methoxy groups -OCH3 is 1. The maximum atomic E-state index is 11.0. The van der Waals surface area contributed by atoms with Crippen molar-refractivity contribution in [2.45, 2.75) is 71.0 Å². The van der Waals surface area contributed by atoms with Crippen molar-refractivity contribution < 1.29 is 29.6 Å². The molecule has 2 saturated carbocycles. The highest BCUT2D eigenvalue weighted by atomic mass is 16.5. The van der Waals surface area contributed by atoms with Gasteiger partial charge in [0.1, 0.15) is 0 Å². The average molecular weight is 318 g/mol. The van der Waals surface area contributed by atoms with Gasteiger partial charge in [0, 0.05) is 0 Å². The number of carboxylic acid groups (broad SMARTS) is 1. The largest absolute Gasteiger partial charge is 0.481 e. The van der Waals surface area contributed by atoms with Crippen molar-refractivity contribution in [1.29, 1.82) is 0 Å². The Bertz CT molecular complexity index is 328. The number of carbonyl (C=O) groups is 2. The van der Waals surface area contributed by atoms with Gasteiger partial charge in [0.2, 0.25) is 0 Å². The topological polar surface area (TPSA) is 104 Å². The third-order valence-electron chi connectivity index (χ3n) is 4.28.